The third-order valence-electron chi connectivity index (χ3n) is 4.56. The standard InChI is InChI=1S/C19H24N6O2/c1-24(2)7-8-25(3)15-9-14(12-10-22-19(27-4)23-11-12)17-13(5-6-21-17)16(15)18(20)26/h6,9-11H,5,7-8H2,1-4H3,(H2,20,26). The largest absolute Gasteiger partial charge is 0.467 e. The van der Waals surface area contributed by atoms with E-state index in [0.29, 0.717) is 18.0 Å². The van der Waals surface area contributed by atoms with Crippen molar-refractivity contribution in [3.63, 3.8) is 0 Å². The number of nitrogens with zero attached hydrogens (tertiary/aromatic N) is 5. The van der Waals surface area contributed by atoms with Crippen LogP contribution in [0.1, 0.15) is 15.9 Å². The molecule has 0 aliphatic carbocycles. The predicted molar refractivity (Wildman–Crippen MR) is 106 cm³/mol. The molecule has 0 unspecified atom stereocenters. The van der Waals surface area contributed by atoms with Gasteiger partial charge in [-0.25, -0.2) is 9.97 Å². The predicted octanol–water partition coefficient (Wildman–Crippen LogP) is 1.51. The molecule has 0 radical (unpaired) electrons. The molecule has 0 saturated carbocycles. The second-order valence-corrected chi connectivity index (χ2v) is 6.71. The van der Waals surface area contributed by atoms with Gasteiger partial charge in [-0.3, -0.25) is 9.79 Å². The molecule has 8 nitrogen and oxygen atoms in total. The molecule has 1 amide bonds. The fourth-order valence-corrected chi connectivity index (χ4v) is 3.11. The Morgan fingerprint density at radius 2 is 1.93 bits per heavy atom. The van der Waals surface area contributed by atoms with Crippen molar-refractivity contribution >= 4 is 23.5 Å². The summed E-state index contributed by atoms with van der Waals surface area (Å²) in [5.74, 6) is -0.444. The first-order valence-electron chi connectivity index (χ1n) is 8.66. The Balaban J connectivity index is 2.13. The van der Waals surface area contributed by atoms with Crippen LogP contribution >= 0.6 is 0 Å². The van der Waals surface area contributed by atoms with E-state index in [1.54, 1.807) is 18.6 Å². The van der Waals surface area contributed by atoms with Gasteiger partial charge in [-0.15, -0.1) is 0 Å². The van der Waals surface area contributed by atoms with Crippen molar-refractivity contribution < 1.29 is 9.53 Å². The van der Waals surface area contributed by atoms with Crippen LogP contribution in [0, 0.1) is 0 Å². The van der Waals surface area contributed by atoms with Crippen molar-refractivity contribution in [1.29, 1.82) is 0 Å². The zero-order valence-corrected chi connectivity index (χ0v) is 16.1. The van der Waals surface area contributed by atoms with Crippen LogP contribution in [0.15, 0.2) is 23.5 Å². The van der Waals surface area contributed by atoms with Crippen LogP contribution in [0.2, 0.25) is 0 Å². The Labute approximate surface area is 158 Å². The summed E-state index contributed by atoms with van der Waals surface area (Å²) in [4.78, 5) is 29.3. The molecule has 27 heavy (non-hydrogen) atoms. The molecule has 1 aromatic carbocycles. The van der Waals surface area contributed by atoms with E-state index < -0.39 is 5.91 Å². The molecular formula is C19H24N6O2. The molecule has 0 fully saturated rings. The number of aromatic nitrogens is 2. The van der Waals surface area contributed by atoms with Gasteiger partial charge >= 0.3 is 6.01 Å². The van der Waals surface area contributed by atoms with Crippen molar-refractivity contribution in [3.05, 3.63) is 29.6 Å². The quantitative estimate of drug-likeness (QED) is 0.796. The molecule has 142 valence electrons. The van der Waals surface area contributed by atoms with Crippen molar-refractivity contribution in [2.24, 2.45) is 10.7 Å². The van der Waals surface area contributed by atoms with Gasteiger partial charge in [0, 0.05) is 56.3 Å². The second-order valence-electron chi connectivity index (χ2n) is 6.71. The van der Waals surface area contributed by atoms with Crippen LogP contribution in [-0.2, 0) is 6.42 Å². The normalized spacial score (nSPS) is 12.3. The van der Waals surface area contributed by atoms with E-state index in [4.69, 9.17) is 10.5 Å². The molecule has 0 atom stereocenters. The third-order valence-corrected chi connectivity index (χ3v) is 4.56. The topological polar surface area (TPSA) is 96.9 Å². The number of ether oxygens (including phenoxy) is 1. The summed E-state index contributed by atoms with van der Waals surface area (Å²) in [6.07, 6.45) is 5.77. The van der Waals surface area contributed by atoms with Gasteiger partial charge in [0.25, 0.3) is 5.91 Å². The molecule has 0 spiro atoms. The molecular weight excluding hydrogens is 344 g/mol. The fraction of sp³-hybridized carbons (Fsp3) is 0.368. The number of amides is 1. The highest BCUT2D eigenvalue weighted by Crippen LogP contribution is 2.42. The van der Waals surface area contributed by atoms with Gasteiger partial charge in [-0.2, -0.15) is 0 Å². The van der Waals surface area contributed by atoms with Crippen molar-refractivity contribution in [3.8, 4) is 17.1 Å². The molecule has 0 bridgehead atoms. The molecule has 8 heteroatoms. The monoisotopic (exact) mass is 368 g/mol. The maximum Gasteiger partial charge on any atom is 0.316 e. The van der Waals surface area contributed by atoms with E-state index in [-0.39, 0.29) is 0 Å². The highest BCUT2D eigenvalue weighted by molar-refractivity contribution is 6.06. The van der Waals surface area contributed by atoms with Gasteiger partial charge in [0.1, 0.15) is 0 Å². The SMILES string of the molecule is COc1ncc(-c2cc(N(C)CCN(C)C)c(C(N)=O)c3c2N=CC3)cn1. The minimum atomic E-state index is -0.444. The number of nitrogens with two attached hydrogens (primary N) is 1. The van der Waals surface area contributed by atoms with E-state index in [1.165, 1.54) is 7.11 Å². The Hall–Kier alpha value is -3.00. The highest BCUT2D eigenvalue weighted by Gasteiger charge is 2.25. The summed E-state index contributed by atoms with van der Waals surface area (Å²) in [5, 5.41) is 0. The number of aliphatic imine (C=N–C) groups is 1. The van der Waals surface area contributed by atoms with Gasteiger partial charge in [0.05, 0.1) is 24.0 Å². The summed E-state index contributed by atoms with van der Waals surface area (Å²) < 4.78 is 5.04. The van der Waals surface area contributed by atoms with Crippen LogP contribution in [-0.4, -0.2) is 68.3 Å². The van der Waals surface area contributed by atoms with Gasteiger partial charge in [0.2, 0.25) is 0 Å². The Bertz CT molecular complexity index is 877. The van der Waals surface area contributed by atoms with Crippen molar-refractivity contribution in [1.82, 2.24) is 14.9 Å². The van der Waals surface area contributed by atoms with Gasteiger partial charge in [0.15, 0.2) is 0 Å². The summed E-state index contributed by atoms with van der Waals surface area (Å²) in [6, 6.07) is 2.25. The number of carbonyl (C=O) groups excluding carboxylic acids is 1. The number of benzene rings is 1. The lowest BCUT2D eigenvalue weighted by atomic mass is 9.94. The van der Waals surface area contributed by atoms with E-state index >= 15 is 0 Å². The molecule has 1 aliphatic rings. The molecule has 1 aliphatic heterocycles. The Morgan fingerprint density at radius 3 is 2.52 bits per heavy atom. The maximum atomic E-state index is 12.2. The van der Waals surface area contributed by atoms with Crippen LogP contribution in [0.5, 0.6) is 6.01 Å². The molecule has 3 rings (SSSR count). The third kappa shape index (κ3) is 3.75. The summed E-state index contributed by atoms with van der Waals surface area (Å²) in [6.45, 7) is 1.61. The van der Waals surface area contributed by atoms with Crippen molar-refractivity contribution in [2.45, 2.75) is 6.42 Å². The Morgan fingerprint density at radius 1 is 1.22 bits per heavy atom. The maximum absolute atomic E-state index is 12.2. The lowest BCUT2D eigenvalue weighted by Crippen LogP contribution is -2.30. The lowest BCUT2D eigenvalue weighted by Gasteiger charge is -2.26. The lowest BCUT2D eigenvalue weighted by molar-refractivity contribution is 0.1000. The summed E-state index contributed by atoms with van der Waals surface area (Å²) >= 11 is 0. The van der Waals surface area contributed by atoms with Crippen LogP contribution < -0.4 is 15.4 Å². The molecule has 0 saturated heterocycles. The fourth-order valence-electron chi connectivity index (χ4n) is 3.11. The molecule has 1 aromatic heterocycles. The van der Waals surface area contributed by atoms with Crippen LogP contribution in [0.3, 0.4) is 0 Å². The van der Waals surface area contributed by atoms with E-state index in [2.05, 4.69) is 19.9 Å². The average molecular weight is 368 g/mol. The molecule has 2 N–H and O–H groups in total. The number of rotatable bonds is 7. The average Bonchev–Trinajstić information content (AvgIpc) is 3.14. The number of carbonyl (C=O) groups is 1. The first kappa shape index (κ1) is 18.8. The molecule has 2 heterocycles. The first-order chi connectivity index (χ1) is 12.9. The minimum absolute atomic E-state index is 0.302. The Kier molecular flexibility index (Phi) is 5.36. The number of primary amides is 1. The zero-order chi connectivity index (χ0) is 19.6. The smallest absolute Gasteiger partial charge is 0.316 e. The van der Waals surface area contributed by atoms with Gasteiger partial charge in [-0.1, -0.05) is 0 Å². The van der Waals surface area contributed by atoms with Crippen LogP contribution in [0.25, 0.3) is 11.1 Å². The number of hydrogen-bond donors (Lipinski definition) is 1. The van der Waals surface area contributed by atoms with E-state index in [0.717, 1.165) is 41.2 Å². The highest BCUT2D eigenvalue weighted by atomic mass is 16.5. The second kappa shape index (κ2) is 7.71. The van der Waals surface area contributed by atoms with E-state index in [9.17, 15) is 4.79 Å². The molecule has 2 aromatic rings. The number of anilines is 1. The summed E-state index contributed by atoms with van der Waals surface area (Å²) in [5.41, 5.74) is 10.3. The minimum Gasteiger partial charge on any atom is -0.467 e. The number of methoxy groups -OCH3 is 1. The van der Waals surface area contributed by atoms with Gasteiger partial charge < -0.3 is 20.3 Å². The summed E-state index contributed by atoms with van der Waals surface area (Å²) in [7, 11) is 7.51. The van der Waals surface area contributed by atoms with E-state index in [1.807, 2.05) is 32.1 Å². The zero-order valence-electron chi connectivity index (χ0n) is 16.1. The van der Waals surface area contributed by atoms with Gasteiger partial charge in [-0.05, 0) is 25.7 Å². The first-order valence-corrected chi connectivity index (χ1v) is 8.66. The van der Waals surface area contributed by atoms with Crippen LogP contribution in [0.4, 0.5) is 11.4 Å². The number of likely N-dealkylation sites (N-methyl/N-ethyl adjacent to an activating group) is 2. The number of fused-ring (bicyclic) bond motifs is 1. The number of hydrogen-bond acceptors (Lipinski definition) is 7. The van der Waals surface area contributed by atoms with Crippen molar-refractivity contribution in [2.75, 3.05) is 46.2 Å².